The second kappa shape index (κ2) is 21.0. The van der Waals surface area contributed by atoms with Crippen LogP contribution in [0.1, 0.15) is 24.3 Å². The Morgan fingerprint density at radius 3 is 1.84 bits per heavy atom. The minimum absolute atomic E-state index is 0.232. The van der Waals surface area contributed by atoms with Gasteiger partial charge in [-0.2, -0.15) is 0 Å². The van der Waals surface area contributed by atoms with Gasteiger partial charge < -0.3 is 9.80 Å². The highest BCUT2D eigenvalue weighted by Crippen LogP contribution is 2.40. The molecule has 0 aromatic heterocycles. The third kappa shape index (κ3) is 10.5. The van der Waals surface area contributed by atoms with E-state index in [9.17, 15) is 0 Å². The van der Waals surface area contributed by atoms with E-state index in [4.69, 9.17) is 0 Å². The van der Waals surface area contributed by atoms with Crippen LogP contribution in [0.4, 0.5) is 22.7 Å². The maximum atomic E-state index is 4.48. The zero-order valence-corrected chi connectivity index (χ0v) is 35.4. The first-order valence-corrected chi connectivity index (χ1v) is 21.2. The van der Waals surface area contributed by atoms with E-state index < -0.39 is 0 Å². The number of benzene rings is 5. The third-order valence-electron chi connectivity index (χ3n) is 11.1. The van der Waals surface area contributed by atoms with Crippen molar-refractivity contribution in [1.82, 2.24) is 0 Å². The first-order chi connectivity index (χ1) is 30.4. The zero-order chi connectivity index (χ0) is 43.1. The van der Waals surface area contributed by atoms with Gasteiger partial charge in [-0.1, -0.05) is 197 Å². The molecule has 0 N–H and O–H groups in total. The predicted molar refractivity (Wildman–Crippen MR) is 270 cm³/mol. The molecule has 0 radical (unpaired) electrons. The standard InChI is InChI=1S/C60H54N2/c1-6-8-23-46(3)47(4)36-37-48(5)61(55-30-17-11-18-31-55)57-35-22-29-53(44-57)50-38-40-52(41-39-50)59-43-42-58(45-60(59)51-27-15-10-16-28-51)62(56-32-19-12-20-33-56)54(7-2)34-21-26-49-24-13-9-14-25-49/h6-24,26-27,29-45,49,51H,1-5,25,28H2/b23-8-,26-21+,37-36-,54-34+. The first kappa shape index (κ1) is 42.4. The Labute approximate surface area is 369 Å². The van der Waals surface area contributed by atoms with E-state index >= 15 is 0 Å². The van der Waals surface area contributed by atoms with Crippen molar-refractivity contribution in [1.29, 1.82) is 0 Å². The Morgan fingerprint density at radius 1 is 0.532 bits per heavy atom. The van der Waals surface area contributed by atoms with Crippen molar-refractivity contribution >= 4 is 22.7 Å². The third-order valence-corrected chi connectivity index (χ3v) is 11.1. The molecule has 2 aliphatic carbocycles. The molecule has 2 heteroatoms. The smallest absolute Gasteiger partial charge is 0.0467 e. The van der Waals surface area contributed by atoms with E-state index in [0.29, 0.717) is 5.92 Å². The molecule has 0 saturated carbocycles. The van der Waals surface area contributed by atoms with Crippen molar-refractivity contribution in [2.45, 2.75) is 18.8 Å². The van der Waals surface area contributed by atoms with Gasteiger partial charge in [-0.3, -0.25) is 0 Å². The number of hydrogen-bond acceptors (Lipinski definition) is 2. The van der Waals surface area contributed by atoms with Crippen LogP contribution in [-0.4, -0.2) is 0 Å². The average Bonchev–Trinajstić information content (AvgIpc) is 3.33. The second-order valence-electron chi connectivity index (χ2n) is 15.3. The number of para-hydroxylation sites is 2. The number of rotatable bonds is 17. The Kier molecular flexibility index (Phi) is 14.4. The number of nitrogens with zero attached hydrogens (tertiary/aromatic N) is 2. The summed E-state index contributed by atoms with van der Waals surface area (Å²) in [5.74, 6) is 0.621. The quantitative estimate of drug-likeness (QED) is 0.0864. The highest BCUT2D eigenvalue weighted by Gasteiger charge is 2.20. The van der Waals surface area contributed by atoms with Crippen LogP contribution < -0.4 is 9.80 Å². The molecule has 5 aromatic carbocycles. The lowest BCUT2D eigenvalue weighted by atomic mass is 9.85. The average molecular weight is 803 g/mol. The summed E-state index contributed by atoms with van der Waals surface area (Å²) in [7, 11) is 0. The van der Waals surface area contributed by atoms with Crippen LogP contribution in [-0.2, 0) is 0 Å². The molecule has 0 spiro atoms. The van der Waals surface area contributed by atoms with Crippen LogP contribution in [0.2, 0.25) is 0 Å². The fraction of sp³-hybridized carbons (Fsp3) is 0.0667. The summed E-state index contributed by atoms with van der Waals surface area (Å²) in [6.07, 6.45) is 37.5. The summed E-state index contributed by atoms with van der Waals surface area (Å²) >= 11 is 0. The van der Waals surface area contributed by atoms with Crippen LogP contribution in [0.25, 0.3) is 22.3 Å². The summed E-state index contributed by atoms with van der Waals surface area (Å²) < 4.78 is 0. The lowest BCUT2D eigenvalue weighted by Gasteiger charge is -2.28. The molecule has 0 saturated heterocycles. The van der Waals surface area contributed by atoms with Crippen LogP contribution in [0.15, 0.2) is 286 Å². The topological polar surface area (TPSA) is 6.48 Å². The summed E-state index contributed by atoms with van der Waals surface area (Å²) in [4.78, 5) is 4.47. The van der Waals surface area contributed by atoms with E-state index in [1.54, 1.807) is 6.08 Å². The van der Waals surface area contributed by atoms with Crippen LogP contribution in [0.3, 0.4) is 0 Å². The van der Waals surface area contributed by atoms with Gasteiger partial charge in [-0.15, -0.1) is 0 Å². The SMILES string of the molecule is C=C/C=C\C(=C)C(=C)/C=C\C(=C)N(c1ccccc1)c1cccc(-c2ccc(-c3ccc(N(/C(C=C)=C/C=C/C4C=CC=CC4)c4ccccc4)cc3C3C=CC=CC3)cc2)c1. The van der Waals surface area contributed by atoms with Crippen LogP contribution in [0, 0.1) is 5.92 Å². The van der Waals surface area contributed by atoms with Crippen molar-refractivity contribution in [3.8, 4) is 22.3 Å². The molecule has 2 unspecified atom stereocenters. The highest BCUT2D eigenvalue weighted by atomic mass is 15.1. The summed E-state index contributed by atoms with van der Waals surface area (Å²) in [5, 5.41) is 0. The van der Waals surface area contributed by atoms with Crippen molar-refractivity contribution in [2.75, 3.05) is 9.80 Å². The molecular weight excluding hydrogens is 749 g/mol. The molecule has 2 aliphatic rings. The molecule has 2 atom stereocenters. The normalized spacial score (nSPS) is 15.9. The molecule has 0 amide bonds. The largest absolute Gasteiger partial charge is 0.311 e. The van der Waals surface area contributed by atoms with E-state index in [1.807, 2.05) is 48.6 Å². The molecule has 5 aromatic rings. The van der Waals surface area contributed by atoms with Crippen molar-refractivity contribution in [3.63, 3.8) is 0 Å². The Morgan fingerprint density at radius 2 is 1.18 bits per heavy atom. The van der Waals surface area contributed by atoms with Crippen molar-refractivity contribution in [3.05, 3.63) is 292 Å². The van der Waals surface area contributed by atoms with Gasteiger partial charge in [-0.05, 0) is 124 Å². The number of allylic oxidation sites excluding steroid dienone is 19. The molecule has 7 rings (SSSR count). The Hall–Kier alpha value is -7.68. The number of anilines is 4. The summed E-state index contributed by atoms with van der Waals surface area (Å²) in [6.45, 7) is 20.8. The van der Waals surface area contributed by atoms with Crippen molar-refractivity contribution in [2.24, 2.45) is 5.92 Å². The minimum Gasteiger partial charge on any atom is -0.311 e. The van der Waals surface area contributed by atoms with E-state index in [2.05, 4.69) is 219 Å². The maximum absolute atomic E-state index is 4.48. The summed E-state index contributed by atoms with van der Waals surface area (Å²) in [6, 6.07) is 45.3. The van der Waals surface area contributed by atoms with Gasteiger partial charge in [0.25, 0.3) is 0 Å². The Balaban J connectivity index is 1.21. The molecule has 304 valence electrons. The van der Waals surface area contributed by atoms with Gasteiger partial charge >= 0.3 is 0 Å². The monoisotopic (exact) mass is 802 g/mol. The summed E-state index contributed by atoms with van der Waals surface area (Å²) in [5.41, 5.74) is 13.5. The molecule has 2 nitrogen and oxygen atoms in total. The fourth-order valence-corrected chi connectivity index (χ4v) is 7.76. The lowest BCUT2D eigenvalue weighted by molar-refractivity contribution is 0.822. The molecule has 62 heavy (non-hydrogen) atoms. The first-order valence-electron chi connectivity index (χ1n) is 21.2. The second-order valence-corrected chi connectivity index (χ2v) is 15.3. The number of hydrogen-bond donors (Lipinski definition) is 0. The van der Waals surface area contributed by atoms with E-state index in [0.717, 1.165) is 69.3 Å². The van der Waals surface area contributed by atoms with Gasteiger partial charge in [0.2, 0.25) is 0 Å². The molecule has 0 aliphatic heterocycles. The lowest BCUT2D eigenvalue weighted by Crippen LogP contribution is -2.15. The molecule has 0 heterocycles. The highest BCUT2D eigenvalue weighted by molar-refractivity contribution is 5.80. The molecular formula is C60H54N2. The van der Waals surface area contributed by atoms with E-state index in [1.165, 1.54) is 16.7 Å². The Bertz CT molecular complexity index is 2660. The maximum Gasteiger partial charge on any atom is 0.0467 e. The van der Waals surface area contributed by atoms with Gasteiger partial charge in [0, 0.05) is 40.1 Å². The minimum atomic E-state index is 0.232. The van der Waals surface area contributed by atoms with E-state index in [-0.39, 0.29) is 5.92 Å². The molecule has 0 bridgehead atoms. The van der Waals surface area contributed by atoms with Gasteiger partial charge in [0.05, 0.1) is 0 Å². The zero-order valence-electron chi connectivity index (χ0n) is 35.4. The van der Waals surface area contributed by atoms with Gasteiger partial charge in [-0.25, -0.2) is 0 Å². The molecule has 0 fully saturated rings. The fourth-order valence-electron chi connectivity index (χ4n) is 7.76. The van der Waals surface area contributed by atoms with Crippen molar-refractivity contribution < 1.29 is 0 Å². The van der Waals surface area contributed by atoms with Gasteiger partial charge in [0.1, 0.15) is 0 Å². The van der Waals surface area contributed by atoms with Crippen LogP contribution in [0.5, 0.6) is 0 Å². The predicted octanol–water partition coefficient (Wildman–Crippen LogP) is 16.6. The van der Waals surface area contributed by atoms with Crippen LogP contribution >= 0.6 is 0 Å². The van der Waals surface area contributed by atoms with Gasteiger partial charge in [0.15, 0.2) is 0 Å².